The smallest absolute Gasteiger partial charge is 0.236 e. The van der Waals surface area contributed by atoms with E-state index in [-0.39, 0.29) is 24.0 Å². The van der Waals surface area contributed by atoms with E-state index in [1.807, 2.05) is 0 Å². The molecule has 6 nitrogen and oxygen atoms in total. The largest absolute Gasteiger partial charge is 0.497 e. The van der Waals surface area contributed by atoms with Crippen molar-refractivity contribution in [1.82, 2.24) is 10.1 Å². The molecule has 3 aromatic rings. The summed E-state index contributed by atoms with van der Waals surface area (Å²) in [6.45, 7) is 1.65. The fourth-order valence-electron chi connectivity index (χ4n) is 2.20. The molecule has 0 atom stereocenters. The molecular formula is C18H16FN3O3. The summed E-state index contributed by atoms with van der Waals surface area (Å²) in [6.07, 6.45) is -0.0986. The van der Waals surface area contributed by atoms with Crippen molar-refractivity contribution in [2.24, 2.45) is 0 Å². The van der Waals surface area contributed by atoms with E-state index in [1.165, 1.54) is 6.07 Å². The van der Waals surface area contributed by atoms with Crippen LogP contribution in [0.4, 0.5) is 10.1 Å². The Bertz CT molecular complexity index is 891. The Hall–Kier alpha value is -3.22. The number of methoxy groups -OCH3 is 1. The zero-order valence-electron chi connectivity index (χ0n) is 13.7. The van der Waals surface area contributed by atoms with Crippen LogP contribution in [-0.2, 0) is 11.2 Å². The zero-order valence-corrected chi connectivity index (χ0v) is 13.7. The predicted octanol–water partition coefficient (Wildman–Crippen LogP) is 3.37. The fraction of sp³-hybridized carbons (Fsp3) is 0.167. The zero-order chi connectivity index (χ0) is 17.8. The number of ether oxygens (including phenoxy) is 1. The molecule has 0 aliphatic heterocycles. The number of hydrogen-bond acceptors (Lipinski definition) is 5. The van der Waals surface area contributed by atoms with Gasteiger partial charge in [-0.2, -0.15) is 4.98 Å². The highest BCUT2D eigenvalue weighted by Crippen LogP contribution is 2.20. The summed E-state index contributed by atoms with van der Waals surface area (Å²) >= 11 is 0. The molecule has 0 fully saturated rings. The van der Waals surface area contributed by atoms with Gasteiger partial charge < -0.3 is 14.6 Å². The Labute approximate surface area is 143 Å². The van der Waals surface area contributed by atoms with Gasteiger partial charge in [-0.15, -0.1) is 0 Å². The average Bonchev–Trinajstić information content (AvgIpc) is 3.06. The molecule has 0 aliphatic carbocycles. The van der Waals surface area contributed by atoms with Crippen molar-refractivity contribution < 1.29 is 18.4 Å². The van der Waals surface area contributed by atoms with Crippen LogP contribution in [0.3, 0.4) is 0 Å². The van der Waals surface area contributed by atoms with E-state index in [0.717, 1.165) is 11.3 Å². The molecule has 128 valence electrons. The van der Waals surface area contributed by atoms with Gasteiger partial charge in [0.15, 0.2) is 0 Å². The normalized spacial score (nSPS) is 10.5. The van der Waals surface area contributed by atoms with Crippen molar-refractivity contribution in [1.29, 1.82) is 0 Å². The SMILES string of the molecule is COc1ccc(-c2noc(CC(=O)Nc3ccc(C)c(F)c3)n2)cc1. The van der Waals surface area contributed by atoms with Crippen LogP contribution < -0.4 is 10.1 Å². The lowest BCUT2D eigenvalue weighted by molar-refractivity contribution is -0.115. The molecule has 7 heteroatoms. The Morgan fingerprint density at radius 3 is 2.68 bits per heavy atom. The van der Waals surface area contributed by atoms with Crippen molar-refractivity contribution in [2.45, 2.75) is 13.3 Å². The summed E-state index contributed by atoms with van der Waals surface area (Å²) in [5, 5.41) is 6.46. The van der Waals surface area contributed by atoms with Gasteiger partial charge in [-0.3, -0.25) is 4.79 Å². The number of rotatable bonds is 5. The Balaban J connectivity index is 1.65. The molecule has 0 radical (unpaired) electrons. The standard InChI is InChI=1S/C18H16FN3O3/c1-11-3-6-13(9-15(11)19)20-16(23)10-17-21-18(22-25-17)12-4-7-14(24-2)8-5-12/h3-9H,10H2,1-2H3,(H,20,23). The monoisotopic (exact) mass is 341 g/mol. The minimum Gasteiger partial charge on any atom is -0.497 e. The number of benzene rings is 2. The molecule has 1 aromatic heterocycles. The second-order valence-corrected chi connectivity index (χ2v) is 5.43. The second-order valence-electron chi connectivity index (χ2n) is 5.43. The topological polar surface area (TPSA) is 77.2 Å². The van der Waals surface area contributed by atoms with Gasteiger partial charge in [0.2, 0.25) is 17.6 Å². The molecule has 0 spiro atoms. The van der Waals surface area contributed by atoms with E-state index >= 15 is 0 Å². The minimum atomic E-state index is -0.377. The van der Waals surface area contributed by atoms with E-state index in [2.05, 4.69) is 15.5 Å². The number of anilines is 1. The highest BCUT2D eigenvalue weighted by atomic mass is 19.1. The molecule has 1 heterocycles. The summed E-state index contributed by atoms with van der Waals surface area (Å²) in [5.74, 6) is 0.533. The van der Waals surface area contributed by atoms with Crippen molar-refractivity contribution in [3.05, 3.63) is 59.7 Å². The van der Waals surface area contributed by atoms with Crippen molar-refractivity contribution in [2.75, 3.05) is 12.4 Å². The van der Waals surface area contributed by atoms with Crippen molar-refractivity contribution >= 4 is 11.6 Å². The van der Waals surface area contributed by atoms with Gasteiger partial charge in [0, 0.05) is 11.3 Å². The number of nitrogens with zero attached hydrogens (tertiary/aromatic N) is 2. The van der Waals surface area contributed by atoms with E-state index < -0.39 is 0 Å². The molecule has 0 aliphatic rings. The summed E-state index contributed by atoms with van der Waals surface area (Å²) in [5.41, 5.74) is 1.64. The molecule has 1 N–H and O–H groups in total. The quantitative estimate of drug-likeness (QED) is 0.770. The lowest BCUT2D eigenvalue weighted by Crippen LogP contribution is -2.14. The van der Waals surface area contributed by atoms with Gasteiger partial charge in [-0.25, -0.2) is 4.39 Å². The number of aryl methyl sites for hydroxylation is 1. The van der Waals surface area contributed by atoms with Gasteiger partial charge >= 0.3 is 0 Å². The minimum absolute atomic E-state index is 0.0986. The summed E-state index contributed by atoms with van der Waals surface area (Å²) in [4.78, 5) is 16.2. The Morgan fingerprint density at radius 1 is 1.24 bits per heavy atom. The number of amides is 1. The Morgan fingerprint density at radius 2 is 2.00 bits per heavy atom. The second kappa shape index (κ2) is 7.12. The Kier molecular flexibility index (Phi) is 4.74. The highest BCUT2D eigenvalue weighted by Gasteiger charge is 2.13. The van der Waals surface area contributed by atoms with Crippen molar-refractivity contribution in [3.8, 4) is 17.1 Å². The van der Waals surface area contributed by atoms with E-state index in [4.69, 9.17) is 9.26 Å². The molecule has 0 saturated carbocycles. The lowest BCUT2D eigenvalue weighted by atomic mass is 10.2. The maximum absolute atomic E-state index is 13.5. The first-order chi connectivity index (χ1) is 12.0. The van der Waals surface area contributed by atoms with Gasteiger partial charge in [-0.1, -0.05) is 11.2 Å². The first-order valence-corrected chi connectivity index (χ1v) is 7.58. The number of nitrogens with one attached hydrogen (secondary N) is 1. The molecule has 2 aromatic carbocycles. The van der Waals surface area contributed by atoms with Crippen LogP contribution in [0.5, 0.6) is 5.75 Å². The van der Waals surface area contributed by atoms with E-state index in [1.54, 1.807) is 50.4 Å². The van der Waals surface area contributed by atoms with E-state index in [9.17, 15) is 9.18 Å². The molecule has 25 heavy (non-hydrogen) atoms. The summed E-state index contributed by atoms with van der Waals surface area (Å²) < 4.78 is 23.7. The highest BCUT2D eigenvalue weighted by molar-refractivity contribution is 5.91. The van der Waals surface area contributed by atoms with Crippen LogP contribution >= 0.6 is 0 Å². The van der Waals surface area contributed by atoms with Crippen LogP contribution in [0.15, 0.2) is 47.0 Å². The van der Waals surface area contributed by atoms with E-state index in [0.29, 0.717) is 17.1 Å². The number of carbonyl (C=O) groups is 1. The van der Waals surface area contributed by atoms with Gasteiger partial charge in [-0.05, 0) is 48.9 Å². The maximum atomic E-state index is 13.5. The third-order valence-corrected chi connectivity index (χ3v) is 3.58. The number of hydrogen-bond donors (Lipinski definition) is 1. The van der Waals surface area contributed by atoms with Crippen molar-refractivity contribution in [3.63, 3.8) is 0 Å². The molecule has 0 unspecified atom stereocenters. The number of halogens is 1. The van der Waals surface area contributed by atoms with Crippen LogP contribution in [0, 0.1) is 12.7 Å². The van der Waals surface area contributed by atoms with Crippen LogP contribution in [0.2, 0.25) is 0 Å². The molecule has 1 amide bonds. The molecular weight excluding hydrogens is 325 g/mol. The van der Waals surface area contributed by atoms with Gasteiger partial charge in [0.1, 0.15) is 18.0 Å². The van der Waals surface area contributed by atoms with Gasteiger partial charge in [0.05, 0.1) is 7.11 Å². The third kappa shape index (κ3) is 4.00. The first kappa shape index (κ1) is 16.6. The van der Waals surface area contributed by atoms with Gasteiger partial charge in [0.25, 0.3) is 0 Å². The molecule has 0 saturated heterocycles. The molecule has 0 bridgehead atoms. The van der Waals surface area contributed by atoms with Crippen LogP contribution in [0.1, 0.15) is 11.5 Å². The number of aromatic nitrogens is 2. The molecule has 3 rings (SSSR count). The predicted molar refractivity (Wildman–Crippen MR) is 89.8 cm³/mol. The third-order valence-electron chi connectivity index (χ3n) is 3.58. The number of carbonyl (C=O) groups excluding carboxylic acids is 1. The maximum Gasteiger partial charge on any atom is 0.236 e. The summed E-state index contributed by atoms with van der Waals surface area (Å²) in [7, 11) is 1.58. The average molecular weight is 341 g/mol. The van der Waals surface area contributed by atoms with Crippen LogP contribution in [-0.4, -0.2) is 23.2 Å². The first-order valence-electron chi connectivity index (χ1n) is 7.58. The summed E-state index contributed by atoms with van der Waals surface area (Å²) in [6, 6.07) is 11.6. The van der Waals surface area contributed by atoms with Crippen LogP contribution in [0.25, 0.3) is 11.4 Å². The lowest BCUT2D eigenvalue weighted by Gasteiger charge is -2.04. The fourth-order valence-corrected chi connectivity index (χ4v) is 2.20.